The smallest absolute Gasteiger partial charge is 0.248 e. The minimum atomic E-state index is -1.09. The molecule has 40 heavy (non-hydrogen) atoms. The lowest BCUT2D eigenvalue weighted by Crippen LogP contribution is -2.57. The Morgan fingerprint density at radius 2 is 1.82 bits per heavy atom. The Morgan fingerprint density at radius 3 is 2.48 bits per heavy atom. The average Bonchev–Trinajstić information content (AvgIpc) is 3.54. The Morgan fingerprint density at radius 1 is 1.12 bits per heavy atom. The second kappa shape index (κ2) is 13.4. The minimum Gasteiger partial charge on any atom is -0.396 e. The van der Waals surface area contributed by atoms with E-state index >= 15 is 0 Å². The first kappa shape index (κ1) is 30.5. The third kappa shape index (κ3) is 5.65. The molecule has 2 bridgehead atoms. The molecular formula is C31H42BrN3O5. The molecule has 0 aromatic heterocycles. The van der Waals surface area contributed by atoms with Gasteiger partial charge in [0, 0.05) is 44.2 Å². The van der Waals surface area contributed by atoms with Crippen LogP contribution in [0.5, 0.6) is 0 Å². The second-order valence-corrected chi connectivity index (χ2v) is 12.2. The number of halogens is 1. The number of rotatable bonds is 15. The molecular weight excluding hydrogens is 574 g/mol. The summed E-state index contributed by atoms with van der Waals surface area (Å²) in [7, 11) is 0. The maximum absolute atomic E-state index is 14.2. The van der Waals surface area contributed by atoms with E-state index in [0.717, 1.165) is 18.4 Å². The number of unbranched alkanes of at least 4 members (excludes halogenated alkanes) is 2. The standard InChI is InChI=1S/C31H42BrN3O5/c1-4-7-17-33(15-5-2)30(39)27-31-20-23(32)26(40-31)24(25(31)29(38)35(27)18-11-12-19-36)28(37)34(16-6-3)21-22-13-9-8-10-14-22/h5-6,8-10,13-14,23-27,36H,2-4,7,11-12,15-21H2,1H3/t23?,24-,25-,26-,27?,31?/m0/s1. The summed E-state index contributed by atoms with van der Waals surface area (Å²) in [5.74, 6) is -1.98. The van der Waals surface area contributed by atoms with E-state index in [1.54, 1.807) is 26.9 Å². The molecule has 1 N–H and O–H groups in total. The first-order chi connectivity index (χ1) is 19.3. The number of hydrogen-bond acceptors (Lipinski definition) is 5. The number of aliphatic hydroxyl groups excluding tert-OH is 1. The van der Waals surface area contributed by atoms with Gasteiger partial charge in [0.1, 0.15) is 11.6 Å². The van der Waals surface area contributed by atoms with Gasteiger partial charge in [-0.05, 0) is 31.2 Å². The number of ether oxygens (including phenoxy) is 1. The van der Waals surface area contributed by atoms with Gasteiger partial charge in [-0.1, -0.05) is 71.8 Å². The van der Waals surface area contributed by atoms with Crippen LogP contribution in [0.4, 0.5) is 0 Å². The Balaban J connectivity index is 1.71. The van der Waals surface area contributed by atoms with Crippen LogP contribution < -0.4 is 0 Å². The summed E-state index contributed by atoms with van der Waals surface area (Å²) in [4.78, 5) is 47.7. The monoisotopic (exact) mass is 615 g/mol. The van der Waals surface area contributed by atoms with Crippen LogP contribution in [0.3, 0.4) is 0 Å². The van der Waals surface area contributed by atoms with Crippen LogP contribution in [0.25, 0.3) is 0 Å². The highest BCUT2D eigenvalue weighted by Crippen LogP contribution is 2.60. The van der Waals surface area contributed by atoms with E-state index in [0.29, 0.717) is 52.0 Å². The number of hydrogen-bond donors (Lipinski definition) is 1. The van der Waals surface area contributed by atoms with Crippen molar-refractivity contribution >= 4 is 33.7 Å². The van der Waals surface area contributed by atoms with Crippen molar-refractivity contribution < 1.29 is 24.2 Å². The molecule has 9 heteroatoms. The van der Waals surface area contributed by atoms with Crippen LogP contribution in [0, 0.1) is 11.8 Å². The number of amides is 3. The highest BCUT2D eigenvalue weighted by Gasteiger charge is 2.76. The van der Waals surface area contributed by atoms with Crippen molar-refractivity contribution in [2.45, 2.75) is 68.1 Å². The zero-order chi connectivity index (χ0) is 28.9. The summed E-state index contributed by atoms with van der Waals surface area (Å²) >= 11 is 3.76. The molecule has 6 atom stereocenters. The Labute approximate surface area is 246 Å². The summed E-state index contributed by atoms with van der Waals surface area (Å²) in [5, 5.41) is 9.40. The van der Waals surface area contributed by atoms with Crippen molar-refractivity contribution in [3.05, 3.63) is 61.2 Å². The molecule has 8 nitrogen and oxygen atoms in total. The van der Waals surface area contributed by atoms with Crippen molar-refractivity contribution in [3.63, 3.8) is 0 Å². The largest absolute Gasteiger partial charge is 0.396 e. The third-order valence-corrected chi connectivity index (χ3v) is 9.28. The minimum absolute atomic E-state index is 0.00740. The van der Waals surface area contributed by atoms with Crippen LogP contribution in [-0.2, 0) is 25.7 Å². The van der Waals surface area contributed by atoms with E-state index in [4.69, 9.17) is 4.74 Å². The van der Waals surface area contributed by atoms with Crippen molar-refractivity contribution in [2.75, 3.05) is 32.8 Å². The fraction of sp³-hybridized carbons (Fsp3) is 0.581. The summed E-state index contributed by atoms with van der Waals surface area (Å²) in [5.41, 5.74) is -0.107. The zero-order valence-corrected chi connectivity index (χ0v) is 25.0. The van der Waals surface area contributed by atoms with Gasteiger partial charge in [-0.15, -0.1) is 13.2 Å². The molecule has 0 aliphatic carbocycles. The summed E-state index contributed by atoms with van der Waals surface area (Å²) in [6, 6.07) is 8.92. The molecule has 3 saturated heterocycles. The molecule has 4 rings (SSSR count). The van der Waals surface area contributed by atoms with E-state index in [2.05, 4.69) is 36.0 Å². The molecule has 3 aliphatic rings. The van der Waals surface area contributed by atoms with Crippen molar-refractivity contribution in [1.82, 2.24) is 14.7 Å². The predicted molar refractivity (Wildman–Crippen MR) is 157 cm³/mol. The van der Waals surface area contributed by atoms with Crippen LogP contribution in [0.1, 0.15) is 44.6 Å². The van der Waals surface area contributed by atoms with Crippen molar-refractivity contribution in [3.8, 4) is 0 Å². The Kier molecular flexibility index (Phi) is 10.2. The number of fused-ring (bicyclic) bond motifs is 1. The molecule has 3 unspecified atom stereocenters. The Hall–Kier alpha value is -2.49. The molecule has 3 fully saturated rings. The first-order valence-corrected chi connectivity index (χ1v) is 15.3. The van der Waals surface area contributed by atoms with Gasteiger partial charge in [-0.3, -0.25) is 14.4 Å². The maximum atomic E-state index is 14.2. The number of carbonyl (C=O) groups excluding carboxylic acids is 3. The van der Waals surface area contributed by atoms with Crippen LogP contribution >= 0.6 is 15.9 Å². The van der Waals surface area contributed by atoms with E-state index in [9.17, 15) is 19.5 Å². The predicted octanol–water partition coefficient (Wildman–Crippen LogP) is 3.54. The summed E-state index contributed by atoms with van der Waals surface area (Å²) < 4.78 is 6.68. The van der Waals surface area contributed by atoms with E-state index in [-0.39, 0.29) is 29.2 Å². The molecule has 3 aliphatic heterocycles. The van der Waals surface area contributed by atoms with Gasteiger partial charge in [0.05, 0.1) is 17.9 Å². The lowest BCUT2D eigenvalue weighted by molar-refractivity contribution is -0.148. The summed E-state index contributed by atoms with van der Waals surface area (Å²) in [6.45, 7) is 11.8. The Bertz CT molecular complexity index is 1080. The van der Waals surface area contributed by atoms with Gasteiger partial charge in [0.15, 0.2) is 0 Å². The van der Waals surface area contributed by atoms with Gasteiger partial charge in [-0.25, -0.2) is 0 Å². The van der Waals surface area contributed by atoms with Gasteiger partial charge >= 0.3 is 0 Å². The number of alkyl halides is 1. The zero-order valence-electron chi connectivity index (χ0n) is 23.4. The third-order valence-electron chi connectivity index (χ3n) is 8.44. The fourth-order valence-corrected chi connectivity index (χ4v) is 7.64. The first-order valence-electron chi connectivity index (χ1n) is 14.4. The molecule has 1 spiro atoms. The molecule has 1 aromatic rings. The van der Waals surface area contributed by atoms with Gasteiger partial charge in [-0.2, -0.15) is 0 Å². The SMILES string of the molecule is C=CCN(CCCC)C(=O)C1N(CCCCO)C(=O)[C@@H]2[C@H](C(=O)N(CC=C)Cc3ccccc3)[C@H]3OC12CC3Br. The highest BCUT2D eigenvalue weighted by atomic mass is 79.9. The van der Waals surface area contributed by atoms with E-state index < -0.39 is 29.6 Å². The van der Waals surface area contributed by atoms with Crippen LogP contribution in [-0.4, -0.2) is 92.9 Å². The van der Waals surface area contributed by atoms with Gasteiger partial charge in [0.2, 0.25) is 17.7 Å². The molecule has 3 amide bonds. The number of aliphatic hydroxyl groups is 1. The molecule has 1 aromatic carbocycles. The van der Waals surface area contributed by atoms with Crippen molar-refractivity contribution in [1.29, 1.82) is 0 Å². The second-order valence-electron chi connectivity index (χ2n) is 11.0. The lowest BCUT2D eigenvalue weighted by atomic mass is 9.70. The number of nitrogens with zero attached hydrogens (tertiary/aromatic N) is 3. The van der Waals surface area contributed by atoms with Crippen LogP contribution in [0.15, 0.2) is 55.6 Å². The summed E-state index contributed by atoms with van der Waals surface area (Å²) in [6.07, 6.45) is 6.21. The number of carbonyl (C=O) groups is 3. The van der Waals surface area contributed by atoms with Crippen LogP contribution in [0.2, 0.25) is 0 Å². The fourth-order valence-electron chi connectivity index (χ4n) is 6.70. The maximum Gasteiger partial charge on any atom is 0.248 e. The normalized spacial score (nSPS) is 28.4. The topological polar surface area (TPSA) is 90.4 Å². The van der Waals surface area contributed by atoms with E-state index in [1.807, 2.05) is 30.3 Å². The highest BCUT2D eigenvalue weighted by molar-refractivity contribution is 9.09. The number of benzene rings is 1. The quantitative estimate of drug-likeness (QED) is 0.185. The molecule has 0 saturated carbocycles. The van der Waals surface area contributed by atoms with E-state index in [1.165, 1.54) is 0 Å². The lowest BCUT2D eigenvalue weighted by Gasteiger charge is -2.37. The molecule has 218 valence electrons. The number of likely N-dealkylation sites (tertiary alicyclic amines) is 1. The van der Waals surface area contributed by atoms with Crippen molar-refractivity contribution in [2.24, 2.45) is 11.8 Å². The average molecular weight is 617 g/mol. The molecule has 0 radical (unpaired) electrons. The van der Waals surface area contributed by atoms with Gasteiger partial charge in [0.25, 0.3) is 0 Å². The van der Waals surface area contributed by atoms with Gasteiger partial charge < -0.3 is 24.5 Å². The molecule has 3 heterocycles.